The summed E-state index contributed by atoms with van der Waals surface area (Å²) in [6.07, 6.45) is 0.570. The molecule has 3 aromatic rings. The van der Waals surface area contributed by atoms with Crippen LogP contribution < -0.4 is 10.1 Å². The summed E-state index contributed by atoms with van der Waals surface area (Å²) in [5.41, 5.74) is 2.21. The highest BCUT2D eigenvalue weighted by Crippen LogP contribution is 2.26. The van der Waals surface area contributed by atoms with E-state index in [1.807, 2.05) is 36.6 Å². The van der Waals surface area contributed by atoms with Crippen molar-refractivity contribution in [3.05, 3.63) is 40.2 Å². The highest BCUT2D eigenvalue weighted by molar-refractivity contribution is 7.14. The molecule has 0 aliphatic rings. The molecule has 0 saturated carbocycles. The largest absolute Gasteiger partial charge is 0.497 e. The fourth-order valence-corrected chi connectivity index (χ4v) is 3.55. The van der Waals surface area contributed by atoms with Gasteiger partial charge in [0.05, 0.1) is 18.5 Å². The SMILES string of the molecule is CCc1nnsc1C(=O)OCC(=O)Nc1nc(-c2ccc(OC)cc2)cs1. The number of amides is 1. The Kier molecular flexibility index (Phi) is 6.09. The zero-order valence-corrected chi connectivity index (χ0v) is 16.2. The van der Waals surface area contributed by atoms with Crippen molar-refractivity contribution in [2.24, 2.45) is 0 Å². The molecule has 0 aliphatic carbocycles. The van der Waals surface area contributed by atoms with E-state index < -0.39 is 18.5 Å². The minimum Gasteiger partial charge on any atom is -0.497 e. The standard InChI is InChI=1S/C17H16N4O4S2/c1-3-12-15(27-21-20-12)16(23)25-8-14(22)19-17-18-13(9-26-17)10-4-6-11(24-2)7-5-10/h4-7,9H,3,8H2,1-2H3,(H,18,19,22). The molecule has 27 heavy (non-hydrogen) atoms. The van der Waals surface area contributed by atoms with Crippen LogP contribution in [0, 0.1) is 0 Å². The van der Waals surface area contributed by atoms with E-state index in [1.54, 1.807) is 7.11 Å². The second-order valence-corrected chi connectivity index (χ2v) is 6.91. The molecule has 1 aromatic carbocycles. The number of aryl methyl sites for hydroxylation is 1. The summed E-state index contributed by atoms with van der Waals surface area (Å²) in [6.45, 7) is 1.46. The molecule has 8 nitrogen and oxygen atoms in total. The van der Waals surface area contributed by atoms with Gasteiger partial charge in [-0.15, -0.1) is 16.4 Å². The Bertz CT molecular complexity index is 937. The molecule has 0 fully saturated rings. The summed E-state index contributed by atoms with van der Waals surface area (Å²) in [4.78, 5) is 28.7. The second-order valence-electron chi connectivity index (χ2n) is 5.29. The molecule has 0 radical (unpaired) electrons. The molecule has 2 heterocycles. The monoisotopic (exact) mass is 404 g/mol. The molecule has 0 unspecified atom stereocenters. The van der Waals surface area contributed by atoms with E-state index >= 15 is 0 Å². The number of nitrogens with one attached hydrogen (secondary N) is 1. The Morgan fingerprint density at radius 1 is 1.22 bits per heavy atom. The van der Waals surface area contributed by atoms with Gasteiger partial charge in [0.25, 0.3) is 5.91 Å². The van der Waals surface area contributed by atoms with Gasteiger partial charge in [0.2, 0.25) is 0 Å². The lowest BCUT2D eigenvalue weighted by molar-refractivity contribution is -0.119. The summed E-state index contributed by atoms with van der Waals surface area (Å²) in [6, 6.07) is 7.45. The molecule has 0 spiro atoms. The number of carbonyl (C=O) groups excluding carboxylic acids is 2. The number of aromatic nitrogens is 3. The molecule has 0 saturated heterocycles. The van der Waals surface area contributed by atoms with Crippen molar-refractivity contribution in [1.29, 1.82) is 0 Å². The van der Waals surface area contributed by atoms with Crippen LogP contribution in [0.1, 0.15) is 22.3 Å². The van der Waals surface area contributed by atoms with E-state index in [-0.39, 0.29) is 0 Å². The number of hydrogen-bond donors (Lipinski definition) is 1. The summed E-state index contributed by atoms with van der Waals surface area (Å²) < 4.78 is 13.9. The second kappa shape index (κ2) is 8.69. The summed E-state index contributed by atoms with van der Waals surface area (Å²) >= 11 is 2.24. The van der Waals surface area contributed by atoms with Crippen LogP contribution in [0.5, 0.6) is 5.75 Å². The molecule has 1 N–H and O–H groups in total. The number of methoxy groups -OCH3 is 1. The van der Waals surface area contributed by atoms with Crippen molar-refractivity contribution in [3.63, 3.8) is 0 Å². The third-order valence-corrected chi connectivity index (χ3v) is 5.05. The predicted molar refractivity (Wildman–Crippen MR) is 102 cm³/mol. The van der Waals surface area contributed by atoms with Crippen LogP contribution in [0.3, 0.4) is 0 Å². The van der Waals surface area contributed by atoms with Gasteiger partial charge in [0, 0.05) is 10.9 Å². The maximum atomic E-state index is 12.0. The molecule has 0 aliphatic heterocycles. The van der Waals surface area contributed by atoms with Crippen LogP contribution in [-0.4, -0.2) is 40.2 Å². The van der Waals surface area contributed by atoms with Crippen molar-refractivity contribution >= 4 is 39.9 Å². The minimum atomic E-state index is -0.602. The van der Waals surface area contributed by atoms with Crippen molar-refractivity contribution in [2.75, 3.05) is 19.0 Å². The zero-order valence-electron chi connectivity index (χ0n) is 14.6. The van der Waals surface area contributed by atoms with Crippen LogP contribution in [0.15, 0.2) is 29.6 Å². The van der Waals surface area contributed by atoms with Gasteiger partial charge in [0.15, 0.2) is 16.6 Å². The van der Waals surface area contributed by atoms with Crippen molar-refractivity contribution in [1.82, 2.24) is 14.6 Å². The molecule has 2 aromatic heterocycles. The molecule has 10 heteroatoms. The van der Waals surface area contributed by atoms with E-state index in [0.29, 0.717) is 22.1 Å². The van der Waals surface area contributed by atoms with E-state index in [9.17, 15) is 9.59 Å². The Balaban J connectivity index is 1.55. The van der Waals surface area contributed by atoms with Gasteiger partial charge >= 0.3 is 5.97 Å². The zero-order chi connectivity index (χ0) is 19.2. The predicted octanol–water partition coefficient (Wildman–Crippen LogP) is 3.03. The van der Waals surface area contributed by atoms with E-state index in [1.165, 1.54) is 11.3 Å². The number of esters is 1. The average molecular weight is 404 g/mol. The van der Waals surface area contributed by atoms with Crippen molar-refractivity contribution in [2.45, 2.75) is 13.3 Å². The molecule has 0 atom stereocenters. The Labute approximate surface area is 163 Å². The third-order valence-electron chi connectivity index (χ3n) is 3.55. The van der Waals surface area contributed by atoms with Crippen LogP contribution in [0.4, 0.5) is 5.13 Å². The number of hydrogen-bond acceptors (Lipinski definition) is 9. The maximum Gasteiger partial charge on any atom is 0.352 e. The molecule has 3 rings (SSSR count). The smallest absolute Gasteiger partial charge is 0.352 e. The topological polar surface area (TPSA) is 103 Å². The number of nitrogens with zero attached hydrogens (tertiary/aromatic N) is 3. The molecule has 1 amide bonds. The summed E-state index contributed by atoms with van der Waals surface area (Å²) in [5, 5.41) is 8.73. The quantitative estimate of drug-likeness (QED) is 0.604. The lowest BCUT2D eigenvalue weighted by Crippen LogP contribution is -2.20. The number of rotatable bonds is 7. The number of thiazole rings is 1. The van der Waals surface area contributed by atoms with Gasteiger partial charge in [-0.1, -0.05) is 11.4 Å². The van der Waals surface area contributed by atoms with E-state index in [4.69, 9.17) is 9.47 Å². The lowest BCUT2D eigenvalue weighted by Gasteiger charge is -2.04. The first-order valence-electron chi connectivity index (χ1n) is 7.99. The van der Waals surface area contributed by atoms with Crippen LogP contribution in [-0.2, 0) is 16.0 Å². The fourth-order valence-electron chi connectivity index (χ4n) is 2.17. The molecular weight excluding hydrogens is 388 g/mol. The highest BCUT2D eigenvalue weighted by atomic mass is 32.1. The number of ether oxygens (including phenoxy) is 2. The summed E-state index contributed by atoms with van der Waals surface area (Å²) in [5.74, 6) is -0.309. The fraction of sp³-hybridized carbons (Fsp3) is 0.235. The van der Waals surface area contributed by atoms with Crippen LogP contribution >= 0.6 is 22.9 Å². The van der Waals surface area contributed by atoms with Crippen LogP contribution in [0.2, 0.25) is 0 Å². The molecular formula is C17H16N4O4S2. The maximum absolute atomic E-state index is 12.0. The van der Waals surface area contributed by atoms with E-state index in [2.05, 4.69) is 19.9 Å². The van der Waals surface area contributed by atoms with Gasteiger partial charge in [-0.05, 0) is 42.2 Å². The van der Waals surface area contributed by atoms with Gasteiger partial charge in [-0.3, -0.25) is 10.1 Å². The number of anilines is 1. The average Bonchev–Trinajstić information content (AvgIpc) is 3.35. The highest BCUT2D eigenvalue weighted by Gasteiger charge is 2.18. The van der Waals surface area contributed by atoms with Crippen molar-refractivity contribution in [3.8, 4) is 17.0 Å². The number of carbonyl (C=O) groups is 2. The van der Waals surface area contributed by atoms with Crippen LogP contribution in [0.25, 0.3) is 11.3 Å². The first-order chi connectivity index (χ1) is 13.1. The van der Waals surface area contributed by atoms with E-state index in [0.717, 1.165) is 28.5 Å². The Hall–Kier alpha value is -2.85. The first-order valence-corrected chi connectivity index (χ1v) is 9.64. The van der Waals surface area contributed by atoms with Gasteiger partial charge in [-0.25, -0.2) is 9.78 Å². The first kappa shape index (κ1) is 18.9. The van der Waals surface area contributed by atoms with Gasteiger partial charge < -0.3 is 9.47 Å². The Morgan fingerprint density at radius 2 is 2.00 bits per heavy atom. The molecule has 0 bridgehead atoms. The minimum absolute atomic E-state index is 0.321. The van der Waals surface area contributed by atoms with Gasteiger partial charge in [0.1, 0.15) is 5.75 Å². The number of benzene rings is 1. The van der Waals surface area contributed by atoms with Gasteiger partial charge in [-0.2, -0.15) is 0 Å². The normalized spacial score (nSPS) is 10.4. The summed E-state index contributed by atoms with van der Waals surface area (Å²) in [7, 11) is 1.60. The lowest BCUT2D eigenvalue weighted by atomic mass is 10.2. The molecule has 140 valence electrons. The third kappa shape index (κ3) is 4.66. The van der Waals surface area contributed by atoms with Crippen molar-refractivity contribution < 1.29 is 19.1 Å². The Morgan fingerprint density at radius 3 is 2.70 bits per heavy atom.